The predicted molar refractivity (Wildman–Crippen MR) is 90.4 cm³/mol. The number of amides is 1. The standard InChI is InChI=1S/C18H20N2O3/c1-22-16-10-13(14(19)11-17(16)23-2)18(21)20-9-5-7-12-6-3-4-8-15(12)20/h3-4,6,8,10-11H,5,7,9,19H2,1-2H3. The molecule has 5 nitrogen and oxygen atoms in total. The summed E-state index contributed by atoms with van der Waals surface area (Å²) in [6, 6.07) is 11.3. The van der Waals surface area contributed by atoms with Crippen LogP contribution in [-0.4, -0.2) is 26.7 Å². The molecule has 0 aromatic heterocycles. The van der Waals surface area contributed by atoms with Gasteiger partial charge in [-0.25, -0.2) is 0 Å². The number of rotatable bonds is 3. The fraction of sp³-hybridized carbons (Fsp3) is 0.278. The number of aryl methyl sites for hydroxylation is 1. The summed E-state index contributed by atoms with van der Waals surface area (Å²) < 4.78 is 10.5. The average Bonchev–Trinajstić information content (AvgIpc) is 2.60. The van der Waals surface area contributed by atoms with E-state index in [-0.39, 0.29) is 5.91 Å². The predicted octanol–water partition coefficient (Wildman–Crippen LogP) is 2.88. The third kappa shape index (κ3) is 2.70. The molecule has 2 aromatic rings. The third-order valence-electron chi connectivity index (χ3n) is 4.14. The summed E-state index contributed by atoms with van der Waals surface area (Å²) in [5.41, 5.74) is 9.02. The van der Waals surface area contributed by atoms with Crippen LogP contribution in [0.4, 0.5) is 11.4 Å². The molecule has 5 heteroatoms. The summed E-state index contributed by atoms with van der Waals surface area (Å²) in [6.45, 7) is 0.684. The van der Waals surface area contributed by atoms with E-state index in [4.69, 9.17) is 15.2 Å². The number of para-hydroxylation sites is 1. The first-order valence-electron chi connectivity index (χ1n) is 7.57. The van der Waals surface area contributed by atoms with Crippen molar-refractivity contribution in [2.24, 2.45) is 0 Å². The molecular formula is C18H20N2O3. The maximum absolute atomic E-state index is 13.0. The molecule has 23 heavy (non-hydrogen) atoms. The van der Waals surface area contributed by atoms with Crippen LogP contribution in [0.2, 0.25) is 0 Å². The minimum atomic E-state index is -0.115. The number of benzene rings is 2. The van der Waals surface area contributed by atoms with Crippen molar-refractivity contribution in [2.75, 3.05) is 31.4 Å². The SMILES string of the molecule is COc1cc(N)c(C(=O)N2CCCc3ccccc32)cc1OC. The maximum atomic E-state index is 13.0. The van der Waals surface area contributed by atoms with Gasteiger partial charge in [0.1, 0.15) is 0 Å². The Balaban J connectivity index is 2.02. The Labute approximate surface area is 135 Å². The molecule has 1 amide bonds. The molecule has 0 fully saturated rings. The first-order valence-corrected chi connectivity index (χ1v) is 7.57. The Kier molecular flexibility index (Phi) is 4.10. The van der Waals surface area contributed by atoms with E-state index in [0.29, 0.717) is 29.3 Å². The number of anilines is 2. The molecule has 2 N–H and O–H groups in total. The number of nitrogens with zero attached hydrogens (tertiary/aromatic N) is 1. The van der Waals surface area contributed by atoms with Crippen LogP contribution in [0.15, 0.2) is 36.4 Å². The molecule has 3 rings (SSSR count). The lowest BCUT2D eigenvalue weighted by Crippen LogP contribution is -2.35. The highest BCUT2D eigenvalue weighted by molar-refractivity contribution is 6.10. The van der Waals surface area contributed by atoms with Crippen LogP contribution < -0.4 is 20.1 Å². The number of hydrogen-bond acceptors (Lipinski definition) is 4. The van der Waals surface area contributed by atoms with Crippen molar-refractivity contribution in [2.45, 2.75) is 12.8 Å². The largest absolute Gasteiger partial charge is 0.493 e. The zero-order valence-corrected chi connectivity index (χ0v) is 13.3. The van der Waals surface area contributed by atoms with Gasteiger partial charge < -0.3 is 20.1 Å². The molecule has 0 bridgehead atoms. The normalized spacial score (nSPS) is 13.4. The van der Waals surface area contributed by atoms with Gasteiger partial charge in [0, 0.05) is 24.0 Å². The second-order valence-corrected chi connectivity index (χ2v) is 5.48. The van der Waals surface area contributed by atoms with Gasteiger partial charge >= 0.3 is 0 Å². The highest BCUT2D eigenvalue weighted by Gasteiger charge is 2.25. The Morgan fingerprint density at radius 2 is 1.83 bits per heavy atom. The molecule has 1 aliphatic heterocycles. The molecule has 0 saturated carbocycles. The van der Waals surface area contributed by atoms with Gasteiger partial charge in [-0.3, -0.25) is 4.79 Å². The first kappa shape index (κ1) is 15.2. The summed E-state index contributed by atoms with van der Waals surface area (Å²) in [6.07, 6.45) is 1.93. The Hall–Kier alpha value is -2.69. The van der Waals surface area contributed by atoms with E-state index in [1.165, 1.54) is 5.56 Å². The number of fused-ring (bicyclic) bond motifs is 1. The van der Waals surface area contributed by atoms with Gasteiger partial charge in [0.25, 0.3) is 5.91 Å². The van der Waals surface area contributed by atoms with Gasteiger partial charge in [0.05, 0.1) is 19.8 Å². The molecule has 0 radical (unpaired) electrons. The Bertz CT molecular complexity index is 743. The minimum Gasteiger partial charge on any atom is -0.493 e. The molecule has 1 aliphatic rings. The Morgan fingerprint density at radius 3 is 2.57 bits per heavy atom. The molecular weight excluding hydrogens is 292 g/mol. The number of carbonyl (C=O) groups excluding carboxylic acids is 1. The number of carbonyl (C=O) groups is 1. The van der Waals surface area contributed by atoms with E-state index in [1.54, 1.807) is 31.3 Å². The van der Waals surface area contributed by atoms with Crippen LogP contribution in [0, 0.1) is 0 Å². The third-order valence-corrected chi connectivity index (χ3v) is 4.14. The van der Waals surface area contributed by atoms with Crippen molar-refractivity contribution in [3.05, 3.63) is 47.5 Å². The maximum Gasteiger partial charge on any atom is 0.260 e. The highest BCUT2D eigenvalue weighted by atomic mass is 16.5. The number of hydrogen-bond donors (Lipinski definition) is 1. The van der Waals surface area contributed by atoms with Gasteiger partial charge in [0.15, 0.2) is 11.5 Å². The lowest BCUT2D eigenvalue weighted by molar-refractivity contribution is 0.0985. The van der Waals surface area contributed by atoms with Crippen LogP contribution in [-0.2, 0) is 6.42 Å². The molecule has 2 aromatic carbocycles. The van der Waals surface area contributed by atoms with Gasteiger partial charge in [-0.15, -0.1) is 0 Å². The van der Waals surface area contributed by atoms with Crippen molar-refractivity contribution in [1.82, 2.24) is 0 Å². The topological polar surface area (TPSA) is 64.8 Å². The van der Waals surface area contributed by atoms with Crippen LogP contribution >= 0.6 is 0 Å². The molecule has 0 saturated heterocycles. The van der Waals surface area contributed by atoms with Gasteiger partial charge in [-0.05, 0) is 30.5 Å². The van der Waals surface area contributed by atoms with Crippen LogP contribution in [0.1, 0.15) is 22.3 Å². The number of methoxy groups -OCH3 is 2. The second kappa shape index (κ2) is 6.20. The minimum absolute atomic E-state index is 0.115. The molecule has 1 heterocycles. The fourth-order valence-electron chi connectivity index (χ4n) is 2.97. The highest BCUT2D eigenvalue weighted by Crippen LogP contribution is 2.34. The van der Waals surface area contributed by atoms with Crippen LogP contribution in [0.25, 0.3) is 0 Å². The van der Waals surface area contributed by atoms with Gasteiger partial charge in [0.2, 0.25) is 0 Å². The van der Waals surface area contributed by atoms with Crippen molar-refractivity contribution < 1.29 is 14.3 Å². The molecule has 0 spiro atoms. The van der Waals surface area contributed by atoms with Crippen molar-refractivity contribution >= 4 is 17.3 Å². The number of nitrogen functional groups attached to an aromatic ring is 1. The second-order valence-electron chi connectivity index (χ2n) is 5.48. The molecule has 120 valence electrons. The van der Waals surface area contributed by atoms with E-state index >= 15 is 0 Å². The molecule has 0 unspecified atom stereocenters. The summed E-state index contributed by atoms with van der Waals surface area (Å²) in [5.74, 6) is 0.895. The van der Waals surface area contributed by atoms with Crippen LogP contribution in [0.5, 0.6) is 11.5 Å². The summed E-state index contributed by atoms with van der Waals surface area (Å²) in [4.78, 5) is 14.8. The molecule has 0 atom stereocenters. The first-order chi connectivity index (χ1) is 11.2. The monoisotopic (exact) mass is 312 g/mol. The van der Waals surface area contributed by atoms with E-state index < -0.39 is 0 Å². The van der Waals surface area contributed by atoms with E-state index in [2.05, 4.69) is 6.07 Å². The van der Waals surface area contributed by atoms with E-state index in [0.717, 1.165) is 18.5 Å². The molecule has 0 aliphatic carbocycles. The summed E-state index contributed by atoms with van der Waals surface area (Å²) in [5, 5.41) is 0. The zero-order chi connectivity index (χ0) is 16.4. The fourth-order valence-corrected chi connectivity index (χ4v) is 2.97. The smallest absolute Gasteiger partial charge is 0.260 e. The summed E-state index contributed by atoms with van der Waals surface area (Å²) in [7, 11) is 3.08. The quantitative estimate of drug-likeness (QED) is 0.885. The van der Waals surface area contributed by atoms with E-state index in [1.807, 2.05) is 18.2 Å². The lowest BCUT2D eigenvalue weighted by atomic mass is 10.0. The number of nitrogens with two attached hydrogens (primary N) is 1. The number of ether oxygens (including phenoxy) is 2. The van der Waals surface area contributed by atoms with E-state index in [9.17, 15) is 4.79 Å². The Morgan fingerprint density at radius 1 is 1.13 bits per heavy atom. The van der Waals surface area contributed by atoms with Crippen LogP contribution in [0.3, 0.4) is 0 Å². The lowest BCUT2D eigenvalue weighted by Gasteiger charge is -2.30. The van der Waals surface area contributed by atoms with Gasteiger partial charge in [-0.1, -0.05) is 18.2 Å². The van der Waals surface area contributed by atoms with Crippen molar-refractivity contribution in [3.63, 3.8) is 0 Å². The van der Waals surface area contributed by atoms with Crippen molar-refractivity contribution in [3.8, 4) is 11.5 Å². The van der Waals surface area contributed by atoms with Gasteiger partial charge in [-0.2, -0.15) is 0 Å². The summed E-state index contributed by atoms with van der Waals surface area (Å²) >= 11 is 0. The average molecular weight is 312 g/mol. The zero-order valence-electron chi connectivity index (χ0n) is 13.3. The van der Waals surface area contributed by atoms with Crippen molar-refractivity contribution in [1.29, 1.82) is 0 Å².